The van der Waals surface area contributed by atoms with Crippen molar-refractivity contribution in [2.75, 3.05) is 5.32 Å². The van der Waals surface area contributed by atoms with Gasteiger partial charge in [0, 0.05) is 11.7 Å². The average molecular weight is 285 g/mol. The number of rotatable bonds is 5. The fourth-order valence-electron chi connectivity index (χ4n) is 2.52. The van der Waals surface area contributed by atoms with E-state index in [9.17, 15) is 4.39 Å². The van der Waals surface area contributed by atoms with Crippen LogP contribution in [0.2, 0.25) is 0 Å². The Bertz CT molecular complexity index is 587. The lowest BCUT2D eigenvalue weighted by atomic mass is 9.99. The van der Waals surface area contributed by atoms with E-state index in [-0.39, 0.29) is 11.9 Å². The van der Waals surface area contributed by atoms with E-state index in [2.05, 4.69) is 50.4 Å². The SMILES string of the molecule is Cc1cc(F)ccc1NC(C)c1ccc(CC(C)C)cc1. The first kappa shape index (κ1) is 15.6. The summed E-state index contributed by atoms with van der Waals surface area (Å²) in [6.45, 7) is 8.51. The lowest BCUT2D eigenvalue weighted by molar-refractivity contribution is 0.626. The van der Waals surface area contributed by atoms with Gasteiger partial charge in [-0.25, -0.2) is 4.39 Å². The summed E-state index contributed by atoms with van der Waals surface area (Å²) in [5.74, 6) is 0.483. The molecule has 0 aliphatic carbocycles. The molecule has 0 heterocycles. The molecule has 2 aromatic carbocycles. The van der Waals surface area contributed by atoms with Crippen molar-refractivity contribution in [3.63, 3.8) is 0 Å². The highest BCUT2D eigenvalue weighted by molar-refractivity contribution is 5.52. The van der Waals surface area contributed by atoms with Gasteiger partial charge in [-0.2, -0.15) is 0 Å². The van der Waals surface area contributed by atoms with Gasteiger partial charge in [0.2, 0.25) is 0 Å². The van der Waals surface area contributed by atoms with Crippen LogP contribution in [0.15, 0.2) is 42.5 Å². The smallest absolute Gasteiger partial charge is 0.123 e. The molecular weight excluding hydrogens is 261 g/mol. The zero-order valence-corrected chi connectivity index (χ0v) is 13.3. The molecular formula is C19H24FN. The lowest BCUT2D eigenvalue weighted by Crippen LogP contribution is -2.08. The third kappa shape index (κ3) is 4.32. The minimum Gasteiger partial charge on any atom is -0.378 e. The maximum Gasteiger partial charge on any atom is 0.123 e. The molecule has 0 saturated heterocycles. The Labute approximate surface area is 127 Å². The van der Waals surface area contributed by atoms with Crippen LogP contribution in [0.3, 0.4) is 0 Å². The largest absolute Gasteiger partial charge is 0.378 e. The van der Waals surface area contributed by atoms with Gasteiger partial charge in [-0.1, -0.05) is 38.1 Å². The van der Waals surface area contributed by atoms with Gasteiger partial charge >= 0.3 is 0 Å². The fourth-order valence-corrected chi connectivity index (χ4v) is 2.52. The van der Waals surface area contributed by atoms with E-state index in [0.717, 1.165) is 17.7 Å². The summed E-state index contributed by atoms with van der Waals surface area (Å²) in [4.78, 5) is 0. The summed E-state index contributed by atoms with van der Waals surface area (Å²) in [7, 11) is 0. The van der Waals surface area contributed by atoms with Gasteiger partial charge in [-0.05, 0) is 61.1 Å². The zero-order valence-electron chi connectivity index (χ0n) is 13.3. The molecule has 0 aliphatic heterocycles. The molecule has 0 aromatic heterocycles. The molecule has 1 unspecified atom stereocenters. The van der Waals surface area contributed by atoms with E-state index in [0.29, 0.717) is 5.92 Å². The minimum absolute atomic E-state index is 0.191. The Hall–Kier alpha value is -1.83. The predicted molar refractivity (Wildman–Crippen MR) is 88.2 cm³/mol. The molecule has 21 heavy (non-hydrogen) atoms. The Morgan fingerprint density at radius 2 is 1.67 bits per heavy atom. The highest BCUT2D eigenvalue weighted by Crippen LogP contribution is 2.23. The molecule has 0 amide bonds. The van der Waals surface area contributed by atoms with Gasteiger partial charge in [0.15, 0.2) is 0 Å². The van der Waals surface area contributed by atoms with Crippen LogP contribution in [0.4, 0.5) is 10.1 Å². The van der Waals surface area contributed by atoms with E-state index in [1.807, 2.05) is 6.92 Å². The molecule has 0 radical (unpaired) electrons. The van der Waals surface area contributed by atoms with Crippen LogP contribution in [-0.2, 0) is 6.42 Å². The summed E-state index contributed by atoms with van der Waals surface area (Å²) < 4.78 is 13.1. The second kappa shape index (κ2) is 6.75. The van der Waals surface area contributed by atoms with Gasteiger partial charge in [0.05, 0.1) is 0 Å². The summed E-state index contributed by atoms with van der Waals surface area (Å²) in [5.41, 5.74) is 4.53. The Morgan fingerprint density at radius 1 is 1.00 bits per heavy atom. The quantitative estimate of drug-likeness (QED) is 0.764. The third-order valence-corrected chi connectivity index (χ3v) is 3.68. The van der Waals surface area contributed by atoms with Gasteiger partial charge < -0.3 is 5.32 Å². The monoisotopic (exact) mass is 285 g/mol. The second-order valence-electron chi connectivity index (χ2n) is 6.16. The Kier molecular flexibility index (Phi) is 5.00. The van der Waals surface area contributed by atoms with E-state index < -0.39 is 0 Å². The number of nitrogens with one attached hydrogen (secondary N) is 1. The number of aryl methyl sites for hydroxylation is 1. The molecule has 1 atom stereocenters. The lowest BCUT2D eigenvalue weighted by Gasteiger charge is -2.18. The number of halogens is 1. The van der Waals surface area contributed by atoms with Crippen LogP contribution < -0.4 is 5.32 Å². The predicted octanol–water partition coefficient (Wildman–Crippen LogP) is 5.51. The molecule has 0 aliphatic rings. The van der Waals surface area contributed by atoms with E-state index in [4.69, 9.17) is 0 Å². The van der Waals surface area contributed by atoms with Crippen molar-refractivity contribution in [3.05, 3.63) is 65.0 Å². The molecule has 112 valence electrons. The molecule has 2 rings (SSSR count). The summed E-state index contributed by atoms with van der Waals surface area (Å²) in [6.07, 6.45) is 1.11. The molecule has 0 spiro atoms. The molecule has 2 aromatic rings. The number of benzene rings is 2. The topological polar surface area (TPSA) is 12.0 Å². The minimum atomic E-state index is -0.191. The maximum absolute atomic E-state index is 13.1. The van der Waals surface area contributed by atoms with Crippen molar-refractivity contribution >= 4 is 5.69 Å². The van der Waals surface area contributed by atoms with Crippen LogP contribution in [0, 0.1) is 18.7 Å². The normalized spacial score (nSPS) is 12.5. The van der Waals surface area contributed by atoms with Crippen LogP contribution in [-0.4, -0.2) is 0 Å². The second-order valence-corrected chi connectivity index (χ2v) is 6.16. The highest BCUT2D eigenvalue weighted by atomic mass is 19.1. The van der Waals surface area contributed by atoms with Gasteiger partial charge in [0.1, 0.15) is 5.82 Å². The maximum atomic E-state index is 13.1. The number of anilines is 1. The van der Waals surface area contributed by atoms with Crippen LogP contribution in [0.5, 0.6) is 0 Å². The first-order chi connectivity index (χ1) is 9.95. The molecule has 1 N–H and O–H groups in total. The van der Waals surface area contributed by atoms with Gasteiger partial charge in [0.25, 0.3) is 0 Å². The fraction of sp³-hybridized carbons (Fsp3) is 0.368. The van der Waals surface area contributed by atoms with E-state index in [1.54, 1.807) is 12.1 Å². The van der Waals surface area contributed by atoms with Gasteiger partial charge in [-0.15, -0.1) is 0 Å². The summed E-state index contributed by atoms with van der Waals surface area (Å²) in [6, 6.07) is 13.8. The molecule has 0 bridgehead atoms. The summed E-state index contributed by atoms with van der Waals surface area (Å²) in [5, 5.41) is 3.45. The van der Waals surface area contributed by atoms with Crippen LogP contribution in [0.25, 0.3) is 0 Å². The van der Waals surface area contributed by atoms with Crippen LogP contribution >= 0.6 is 0 Å². The van der Waals surface area contributed by atoms with Crippen molar-refractivity contribution < 1.29 is 4.39 Å². The van der Waals surface area contributed by atoms with Crippen molar-refractivity contribution in [1.82, 2.24) is 0 Å². The molecule has 2 heteroatoms. The van der Waals surface area contributed by atoms with E-state index >= 15 is 0 Å². The number of hydrogen-bond acceptors (Lipinski definition) is 1. The van der Waals surface area contributed by atoms with Crippen molar-refractivity contribution in [2.45, 2.75) is 40.2 Å². The number of hydrogen-bond donors (Lipinski definition) is 1. The first-order valence-corrected chi connectivity index (χ1v) is 7.57. The highest BCUT2D eigenvalue weighted by Gasteiger charge is 2.08. The Balaban J connectivity index is 2.07. The summed E-state index contributed by atoms with van der Waals surface area (Å²) >= 11 is 0. The average Bonchev–Trinajstić information content (AvgIpc) is 2.42. The van der Waals surface area contributed by atoms with Gasteiger partial charge in [-0.3, -0.25) is 0 Å². The standard InChI is InChI=1S/C19H24FN/c1-13(2)11-16-5-7-17(8-6-16)15(4)21-19-10-9-18(20)12-14(19)3/h5-10,12-13,15,21H,11H2,1-4H3. The van der Waals surface area contributed by atoms with Crippen molar-refractivity contribution in [1.29, 1.82) is 0 Å². The zero-order chi connectivity index (χ0) is 15.4. The Morgan fingerprint density at radius 3 is 2.24 bits per heavy atom. The third-order valence-electron chi connectivity index (χ3n) is 3.68. The first-order valence-electron chi connectivity index (χ1n) is 7.57. The van der Waals surface area contributed by atoms with Crippen LogP contribution in [0.1, 0.15) is 43.5 Å². The molecule has 0 fully saturated rings. The van der Waals surface area contributed by atoms with Crippen molar-refractivity contribution in [2.24, 2.45) is 5.92 Å². The van der Waals surface area contributed by atoms with E-state index in [1.165, 1.54) is 17.2 Å². The molecule has 0 saturated carbocycles. The molecule has 1 nitrogen and oxygen atoms in total. The van der Waals surface area contributed by atoms with Crippen molar-refractivity contribution in [3.8, 4) is 0 Å².